The van der Waals surface area contributed by atoms with Crippen LogP contribution in [0, 0.1) is 17.1 Å². The molecule has 1 amide bonds. The number of rotatable bonds is 4. The fourth-order valence-corrected chi connectivity index (χ4v) is 5.84. The molecule has 2 aliphatic rings. The van der Waals surface area contributed by atoms with E-state index in [1.807, 2.05) is 25.7 Å². The highest BCUT2D eigenvalue weighted by Crippen LogP contribution is 2.35. The zero-order chi connectivity index (χ0) is 31.1. The van der Waals surface area contributed by atoms with Crippen LogP contribution in [0.25, 0.3) is 22.5 Å². The minimum absolute atomic E-state index is 0.0529. The molecule has 2 aliphatic heterocycles. The van der Waals surface area contributed by atoms with Gasteiger partial charge in [0.15, 0.2) is 17.3 Å². The molecule has 6 rings (SSSR count). The minimum Gasteiger partial charge on any atom is -0.491 e. The van der Waals surface area contributed by atoms with Crippen LogP contribution < -0.4 is 15.3 Å². The van der Waals surface area contributed by atoms with Gasteiger partial charge in [-0.1, -0.05) is 25.6 Å². The van der Waals surface area contributed by atoms with Crippen molar-refractivity contribution in [1.29, 1.82) is 5.26 Å². The molecule has 0 aliphatic carbocycles. The smallest absolute Gasteiger partial charge is 0.356 e. The Kier molecular flexibility index (Phi) is 7.54. The number of nitrogens with zero attached hydrogens (tertiary/aromatic N) is 10. The van der Waals surface area contributed by atoms with Crippen LogP contribution in [0.3, 0.4) is 0 Å². The topological polar surface area (TPSA) is 148 Å². The van der Waals surface area contributed by atoms with Crippen LogP contribution in [-0.4, -0.2) is 77.1 Å². The molecule has 226 valence electrons. The van der Waals surface area contributed by atoms with Crippen molar-refractivity contribution in [2.75, 3.05) is 24.6 Å². The lowest BCUT2D eigenvalue weighted by Gasteiger charge is -2.45. The zero-order valence-electron chi connectivity index (χ0n) is 24.6. The summed E-state index contributed by atoms with van der Waals surface area (Å²) >= 11 is 0. The van der Waals surface area contributed by atoms with Gasteiger partial charge in [-0.25, -0.2) is 18.7 Å². The predicted octanol–water partition coefficient (Wildman–Crippen LogP) is 2.85. The van der Waals surface area contributed by atoms with Crippen molar-refractivity contribution in [2.24, 2.45) is 0 Å². The summed E-state index contributed by atoms with van der Waals surface area (Å²) in [6.45, 7) is 10.1. The van der Waals surface area contributed by atoms with Gasteiger partial charge < -0.3 is 14.5 Å². The first-order valence-electron chi connectivity index (χ1n) is 14.4. The summed E-state index contributed by atoms with van der Waals surface area (Å²) in [5.41, 5.74) is 1.07. The van der Waals surface area contributed by atoms with Crippen molar-refractivity contribution >= 4 is 22.8 Å². The van der Waals surface area contributed by atoms with Crippen molar-refractivity contribution < 1.29 is 13.9 Å². The number of piperazine rings is 1. The maximum Gasteiger partial charge on any atom is 0.356 e. The summed E-state index contributed by atoms with van der Waals surface area (Å²) < 4.78 is 24.7. The van der Waals surface area contributed by atoms with Crippen molar-refractivity contribution in [2.45, 2.75) is 58.0 Å². The van der Waals surface area contributed by atoms with E-state index in [-0.39, 0.29) is 60.0 Å². The maximum absolute atomic E-state index is 16.0. The van der Waals surface area contributed by atoms with Crippen molar-refractivity contribution in [3.63, 3.8) is 0 Å². The number of aromatic nitrogens is 7. The van der Waals surface area contributed by atoms with Crippen molar-refractivity contribution in [3.8, 4) is 23.3 Å². The molecule has 13 nitrogen and oxygen atoms in total. The standard InChI is InChI=1S/C30H31FN10O3/c1-5-24(42)39-14-18(4)38(16-20(39)8-10-32)27-21-13-22(31)29-34-28(21)41(30(43)35-27)26-23(9-11-33-25(26)17(2)3)44-12-6-7-19-15-40(29)37-36-19/h5,9,11,13,15,17-18,20H,1,6-8,12,14,16H2,2-4H3. The van der Waals surface area contributed by atoms with Gasteiger partial charge in [0.2, 0.25) is 5.91 Å². The Morgan fingerprint density at radius 2 is 2.11 bits per heavy atom. The molecular formula is C30H31FN10O3. The lowest BCUT2D eigenvalue weighted by atomic mass is 10.0. The number of nitriles is 1. The van der Waals surface area contributed by atoms with Crippen LogP contribution in [0.15, 0.2) is 42.0 Å². The lowest BCUT2D eigenvalue weighted by Crippen LogP contribution is -2.59. The molecule has 0 aromatic carbocycles. The van der Waals surface area contributed by atoms with E-state index in [4.69, 9.17) is 4.74 Å². The average molecular weight is 599 g/mol. The summed E-state index contributed by atoms with van der Waals surface area (Å²) in [6, 6.07) is 4.28. The number of hydrogen-bond donors (Lipinski definition) is 0. The maximum atomic E-state index is 16.0. The molecule has 4 aromatic heterocycles. The molecule has 2 unspecified atom stereocenters. The van der Waals surface area contributed by atoms with Gasteiger partial charge in [-0.15, -0.1) is 5.10 Å². The molecule has 6 heterocycles. The van der Waals surface area contributed by atoms with Crippen LogP contribution in [0.4, 0.5) is 10.2 Å². The fourth-order valence-electron chi connectivity index (χ4n) is 5.84. The molecule has 0 saturated carbocycles. The molecule has 4 bridgehead atoms. The second kappa shape index (κ2) is 11.5. The third-order valence-corrected chi connectivity index (χ3v) is 7.96. The zero-order valence-corrected chi connectivity index (χ0v) is 24.6. The fraction of sp³-hybridized carbons (Fsp3) is 0.400. The molecular weight excluding hydrogens is 567 g/mol. The number of aryl methyl sites for hydroxylation is 1. The molecule has 0 N–H and O–H groups in total. The van der Waals surface area contributed by atoms with E-state index in [0.717, 1.165) is 0 Å². The summed E-state index contributed by atoms with van der Waals surface area (Å²) in [6.07, 6.45) is 5.66. The molecule has 14 heteroatoms. The van der Waals surface area contributed by atoms with E-state index in [1.165, 1.54) is 21.4 Å². The molecule has 0 radical (unpaired) electrons. The monoisotopic (exact) mass is 598 g/mol. The van der Waals surface area contributed by atoms with Gasteiger partial charge >= 0.3 is 5.69 Å². The number of carbonyl (C=O) groups is 1. The SMILES string of the molecule is C=CC(=O)N1CC(C)N(c2nc(=O)n3c4nc(c(F)cc24)-n2cc(nn2)CCCOc2ccnc(C(C)C)c2-3)CC1CC#N. The first-order chi connectivity index (χ1) is 21.2. The molecule has 4 aromatic rings. The lowest BCUT2D eigenvalue weighted by molar-refractivity contribution is -0.129. The molecule has 1 fully saturated rings. The molecule has 0 spiro atoms. The van der Waals surface area contributed by atoms with Crippen LogP contribution in [0.2, 0.25) is 0 Å². The Morgan fingerprint density at radius 1 is 1.30 bits per heavy atom. The normalized spacial score (nSPS) is 18.2. The second-order valence-corrected chi connectivity index (χ2v) is 11.2. The van der Waals surface area contributed by atoms with E-state index >= 15 is 4.39 Å². The summed E-state index contributed by atoms with van der Waals surface area (Å²) in [7, 11) is 0. The third-order valence-electron chi connectivity index (χ3n) is 7.96. The number of hydrogen-bond acceptors (Lipinski definition) is 10. The van der Waals surface area contributed by atoms with Crippen molar-refractivity contribution in [3.05, 3.63) is 64.9 Å². The first kappa shape index (κ1) is 28.9. The minimum atomic E-state index is -0.689. The van der Waals surface area contributed by atoms with E-state index in [1.54, 1.807) is 23.4 Å². The van der Waals surface area contributed by atoms with Gasteiger partial charge in [0.05, 0.1) is 48.1 Å². The Labute approximate surface area is 252 Å². The van der Waals surface area contributed by atoms with Gasteiger partial charge in [0.25, 0.3) is 0 Å². The molecule has 2 atom stereocenters. The van der Waals surface area contributed by atoms with Gasteiger partial charge in [-0.3, -0.25) is 9.78 Å². The van der Waals surface area contributed by atoms with E-state index in [2.05, 4.69) is 37.9 Å². The third kappa shape index (κ3) is 4.93. The van der Waals surface area contributed by atoms with Gasteiger partial charge in [-0.05, 0) is 37.8 Å². The number of amides is 1. The largest absolute Gasteiger partial charge is 0.491 e. The quantitative estimate of drug-likeness (QED) is 0.321. The number of ether oxygens (including phenoxy) is 1. The van der Waals surface area contributed by atoms with Gasteiger partial charge in [0.1, 0.15) is 17.3 Å². The number of pyridine rings is 2. The number of fused-ring (bicyclic) bond motifs is 6. The Hall–Kier alpha value is -5.19. The highest BCUT2D eigenvalue weighted by molar-refractivity contribution is 5.90. The molecule has 1 saturated heterocycles. The summed E-state index contributed by atoms with van der Waals surface area (Å²) in [5.74, 6) is -0.599. The predicted molar refractivity (Wildman–Crippen MR) is 158 cm³/mol. The Morgan fingerprint density at radius 3 is 2.86 bits per heavy atom. The Bertz CT molecular complexity index is 1880. The van der Waals surface area contributed by atoms with Crippen LogP contribution in [0.5, 0.6) is 5.75 Å². The van der Waals surface area contributed by atoms with Gasteiger partial charge in [0, 0.05) is 31.4 Å². The number of halogens is 1. The number of carbonyl (C=O) groups excluding carboxylic acids is 1. The highest BCUT2D eigenvalue weighted by atomic mass is 19.1. The first-order valence-corrected chi connectivity index (χ1v) is 14.4. The Balaban J connectivity index is 1.64. The summed E-state index contributed by atoms with van der Waals surface area (Å²) in [5, 5.41) is 18.1. The van der Waals surface area contributed by atoms with E-state index < -0.39 is 17.5 Å². The van der Waals surface area contributed by atoms with Crippen LogP contribution in [0.1, 0.15) is 50.9 Å². The number of anilines is 1. The van der Waals surface area contributed by atoms with Crippen LogP contribution >= 0.6 is 0 Å². The van der Waals surface area contributed by atoms with E-state index in [9.17, 15) is 14.9 Å². The van der Waals surface area contributed by atoms with Crippen LogP contribution in [-0.2, 0) is 11.2 Å². The molecule has 44 heavy (non-hydrogen) atoms. The second-order valence-electron chi connectivity index (χ2n) is 11.2. The highest BCUT2D eigenvalue weighted by Gasteiger charge is 2.36. The van der Waals surface area contributed by atoms with E-state index in [0.29, 0.717) is 42.3 Å². The van der Waals surface area contributed by atoms with Gasteiger partial charge in [-0.2, -0.15) is 14.9 Å². The average Bonchev–Trinajstić information content (AvgIpc) is 3.48. The van der Waals surface area contributed by atoms with Crippen molar-refractivity contribution in [1.82, 2.24) is 39.4 Å². The summed E-state index contributed by atoms with van der Waals surface area (Å²) in [4.78, 5) is 44.0.